The fourth-order valence-electron chi connectivity index (χ4n) is 1.98. The van der Waals surface area contributed by atoms with E-state index in [1.54, 1.807) is 36.4 Å². The molecule has 0 spiro atoms. The number of aryl methyl sites for hydroxylation is 2. The van der Waals surface area contributed by atoms with Crippen LogP contribution < -0.4 is 0 Å². The highest BCUT2D eigenvalue weighted by Crippen LogP contribution is 2.07. The van der Waals surface area contributed by atoms with E-state index in [0.29, 0.717) is 0 Å². The first kappa shape index (κ1) is 20.9. The summed E-state index contributed by atoms with van der Waals surface area (Å²) in [7, 11) is 0. The molecule has 0 saturated carbocycles. The summed E-state index contributed by atoms with van der Waals surface area (Å²) >= 11 is 0. The molecular weight excluding hydrogens is 372 g/mol. The average molecular weight is 390 g/mol. The molecule has 0 heterocycles. The first-order valence-electron chi connectivity index (χ1n) is 8.06. The Hall–Kier alpha value is -3.43. The Labute approximate surface area is 160 Å². The van der Waals surface area contributed by atoms with Gasteiger partial charge in [-0.05, 0) is 38.1 Å². The maximum absolute atomic E-state index is 11.7. The van der Waals surface area contributed by atoms with Gasteiger partial charge in [-0.25, -0.2) is 14.4 Å². The van der Waals surface area contributed by atoms with Gasteiger partial charge in [-0.2, -0.15) is 0 Å². The van der Waals surface area contributed by atoms with Gasteiger partial charge < -0.3 is 9.47 Å². The van der Waals surface area contributed by atoms with Crippen molar-refractivity contribution in [1.82, 2.24) is 0 Å². The fraction of sp³-hybridized carbons (Fsp3) is 0.211. The van der Waals surface area contributed by atoms with Crippen LogP contribution >= 0.6 is 0 Å². The van der Waals surface area contributed by atoms with Gasteiger partial charge in [0.25, 0.3) is 0 Å². The monoisotopic (exact) mass is 390 g/mol. The van der Waals surface area contributed by atoms with Gasteiger partial charge in [-0.15, -0.1) is 9.78 Å². The lowest BCUT2D eigenvalue weighted by molar-refractivity contribution is -0.297. The van der Waals surface area contributed by atoms with Crippen molar-refractivity contribution in [3.8, 4) is 0 Å². The predicted molar refractivity (Wildman–Crippen MR) is 92.7 cm³/mol. The highest BCUT2D eigenvalue weighted by atomic mass is 17.2. The van der Waals surface area contributed by atoms with Crippen LogP contribution in [0.5, 0.6) is 0 Å². The third-order valence-corrected chi connectivity index (χ3v) is 3.23. The highest BCUT2D eigenvalue weighted by molar-refractivity contribution is 5.89. The van der Waals surface area contributed by atoms with Crippen LogP contribution in [0.15, 0.2) is 48.5 Å². The smallest absolute Gasteiger partial charge is 0.403 e. The molecule has 0 aliphatic carbocycles. The van der Waals surface area contributed by atoms with Crippen LogP contribution in [0.4, 0.5) is 4.79 Å². The predicted octanol–water partition coefficient (Wildman–Crippen LogP) is 3.25. The molecule has 9 heteroatoms. The van der Waals surface area contributed by atoms with Crippen molar-refractivity contribution in [1.29, 1.82) is 0 Å². The van der Waals surface area contributed by atoms with Crippen molar-refractivity contribution < 1.29 is 43.4 Å². The molecule has 0 aliphatic heterocycles. The molecule has 2 aromatic rings. The molecule has 0 bridgehead atoms. The summed E-state index contributed by atoms with van der Waals surface area (Å²) in [5.74, 6) is -1.49. The summed E-state index contributed by atoms with van der Waals surface area (Å²) in [6, 6.07) is 13.3. The Kier molecular flexibility index (Phi) is 7.94. The Morgan fingerprint density at radius 2 is 1.14 bits per heavy atom. The normalized spacial score (nSPS) is 10.1. The van der Waals surface area contributed by atoms with Crippen LogP contribution in [0.3, 0.4) is 0 Å². The zero-order chi connectivity index (χ0) is 20.4. The van der Waals surface area contributed by atoms with E-state index in [0.717, 1.165) is 11.1 Å². The number of hydrogen-bond acceptors (Lipinski definition) is 9. The first-order valence-corrected chi connectivity index (χ1v) is 8.06. The SMILES string of the molecule is Cc1cccc(C(=O)OOCOC(=O)OCOOC(=O)c2cccc(C)c2)c1. The van der Waals surface area contributed by atoms with E-state index < -0.39 is 31.7 Å². The molecule has 0 unspecified atom stereocenters. The van der Waals surface area contributed by atoms with E-state index in [-0.39, 0.29) is 11.1 Å². The minimum absolute atomic E-state index is 0.284. The van der Waals surface area contributed by atoms with Crippen molar-refractivity contribution in [2.45, 2.75) is 13.8 Å². The van der Waals surface area contributed by atoms with Crippen LogP contribution in [-0.4, -0.2) is 31.7 Å². The number of carbonyl (C=O) groups is 3. The third-order valence-electron chi connectivity index (χ3n) is 3.23. The Bertz CT molecular complexity index is 764. The molecule has 2 rings (SSSR count). The molecule has 28 heavy (non-hydrogen) atoms. The Balaban J connectivity index is 1.56. The molecule has 0 radical (unpaired) electrons. The standard InChI is InChI=1S/C19H18O9/c1-13-5-3-7-15(9-13)17(20)27-25-11-23-19(22)24-12-26-28-18(21)16-8-4-6-14(2)10-16/h3-10H,11-12H2,1-2H3. The molecule has 0 fully saturated rings. The van der Waals surface area contributed by atoms with Gasteiger partial charge in [0.05, 0.1) is 11.1 Å². The van der Waals surface area contributed by atoms with E-state index in [1.807, 2.05) is 26.0 Å². The number of benzene rings is 2. The summed E-state index contributed by atoms with van der Waals surface area (Å²) in [4.78, 5) is 52.5. The molecule has 0 atom stereocenters. The van der Waals surface area contributed by atoms with Crippen LogP contribution in [0.1, 0.15) is 31.8 Å². The van der Waals surface area contributed by atoms with E-state index in [9.17, 15) is 14.4 Å². The van der Waals surface area contributed by atoms with Gasteiger partial charge in [-0.1, -0.05) is 35.4 Å². The quantitative estimate of drug-likeness (QED) is 0.221. The number of hydrogen-bond donors (Lipinski definition) is 0. The van der Waals surface area contributed by atoms with Gasteiger partial charge in [0.2, 0.25) is 13.6 Å². The van der Waals surface area contributed by atoms with Gasteiger partial charge in [0.15, 0.2) is 0 Å². The highest BCUT2D eigenvalue weighted by Gasteiger charge is 2.11. The van der Waals surface area contributed by atoms with E-state index >= 15 is 0 Å². The summed E-state index contributed by atoms with van der Waals surface area (Å²) in [6.07, 6.45) is -1.18. The summed E-state index contributed by atoms with van der Waals surface area (Å²) < 4.78 is 8.96. The van der Waals surface area contributed by atoms with Crippen LogP contribution in [0, 0.1) is 13.8 Å². The number of ether oxygens (including phenoxy) is 2. The lowest BCUT2D eigenvalue weighted by Gasteiger charge is -2.07. The van der Waals surface area contributed by atoms with Crippen LogP contribution in [0.2, 0.25) is 0 Å². The molecule has 0 amide bonds. The van der Waals surface area contributed by atoms with E-state index in [2.05, 4.69) is 29.0 Å². The first-order chi connectivity index (χ1) is 13.5. The largest absolute Gasteiger partial charge is 0.512 e. The van der Waals surface area contributed by atoms with Gasteiger partial charge in [0.1, 0.15) is 0 Å². The Morgan fingerprint density at radius 1 is 0.714 bits per heavy atom. The maximum atomic E-state index is 11.7. The fourth-order valence-corrected chi connectivity index (χ4v) is 1.98. The molecule has 148 valence electrons. The van der Waals surface area contributed by atoms with Crippen LogP contribution in [-0.2, 0) is 29.0 Å². The molecule has 0 aliphatic rings. The van der Waals surface area contributed by atoms with Crippen molar-refractivity contribution >= 4 is 18.1 Å². The Morgan fingerprint density at radius 3 is 1.54 bits per heavy atom. The van der Waals surface area contributed by atoms with Crippen molar-refractivity contribution in [3.63, 3.8) is 0 Å². The number of carbonyl (C=O) groups excluding carboxylic acids is 3. The second-order valence-corrected chi connectivity index (χ2v) is 5.49. The molecule has 9 nitrogen and oxygen atoms in total. The minimum Gasteiger partial charge on any atom is -0.403 e. The lowest BCUT2D eigenvalue weighted by Crippen LogP contribution is -2.15. The van der Waals surface area contributed by atoms with Gasteiger partial charge in [0, 0.05) is 0 Å². The second-order valence-electron chi connectivity index (χ2n) is 5.49. The van der Waals surface area contributed by atoms with Gasteiger partial charge >= 0.3 is 18.1 Å². The van der Waals surface area contributed by atoms with Crippen molar-refractivity contribution in [2.24, 2.45) is 0 Å². The average Bonchev–Trinajstić information content (AvgIpc) is 2.68. The van der Waals surface area contributed by atoms with Crippen molar-refractivity contribution in [3.05, 3.63) is 70.8 Å². The number of rotatable bonds is 8. The van der Waals surface area contributed by atoms with E-state index in [4.69, 9.17) is 0 Å². The zero-order valence-electron chi connectivity index (χ0n) is 15.2. The molecular formula is C19H18O9. The summed E-state index contributed by atoms with van der Waals surface area (Å²) in [5, 5.41) is 0. The van der Waals surface area contributed by atoms with E-state index in [1.165, 1.54) is 0 Å². The summed E-state index contributed by atoms with van der Waals surface area (Å²) in [6.45, 7) is 2.24. The van der Waals surface area contributed by atoms with Crippen LogP contribution in [0.25, 0.3) is 0 Å². The second kappa shape index (κ2) is 10.7. The minimum atomic E-state index is -1.18. The topological polar surface area (TPSA) is 107 Å². The lowest BCUT2D eigenvalue weighted by atomic mass is 10.1. The summed E-state index contributed by atoms with van der Waals surface area (Å²) in [5.41, 5.74) is 2.31. The molecule has 0 aromatic heterocycles. The molecule has 0 saturated heterocycles. The zero-order valence-corrected chi connectivity index (χ0v) is 15.2. The van der Waals surface area contributed by atoms with Crippen molar-refractivity contribution in [2.75, 3.05) is 13.6 Å². The van der Waals surface area contributed by atoms with Gasteiger partial charge in [-0.3, -0.25) is 9.78 Å². The molecule has 0 N–H and O–H groups in total. The third kappa shape index (κ3) is 7.06. The maximum Gasteiger partial charge on any atom is 0.512 e. The molecule has 2 aromatic carbocycles.